The number of rotatable bonds is 2. The second-order valence-electron chi connectivity index (χ2n) is 4.88. The third kappa shape index (κ3) is 2.63. The fourth-order valence-corrected chi connectivity index (χ4v) is 3.15. The summed E-state index contributed by atoms with van der Waals surface area (Å²) in [5, 5.41) is 0. The van der Waals surface area contributed by atoms with Crippen molar-refractivity contribution in [2.75, 3.05) is 0 Å². The third-order valence-corrected chi connectivity index (χ3v) is 4.44. The van der Waals surface area contributed by atoms with Crippen LogP contribution in [0.1, 0.15) is 5.56 Å². The Morgan fingerprint density at radius 3 is 1.95 bits per heavy atom. The largest absolute Gasteiger partial charge is 0.0620 e. The normalized spacial score (nSPS) is 10.5. The van der Waals surface area contributed by atoms with Crippen LogP contribution >= 0.6 is 22.6 Å². The van der Waals surface area contributed by atoms with E-state index in [1.54, 1.807) is 0 Å². The Labute approximate surface area is 133 Å². The van der Waals surface area contributed by atoms with Crippen molar-refractivity contribution in [3.63, 3.8) is 0 Å². The molecule has 0 heterocycles. The summed E-state index contributed by atoms with van der Waals surface area (Å²) in [5.74, 6) is 0. The minimum Gasteiger partial charge on any atom is -0.0620 e. The zero-order valence-electron chi connectivity index (χ0n) is 11.3. The van der Waals surface area contributed by atoms with Crippen LogP contribution in [-0.4, -0.2) is 0 Å². The zero-order chi connectivity index (χ0) is 13.9. The molecule has 0 bridgehead atoms. The first-order valence-electron chi connectivity index (χ1n) is 6.67. The molecule has 3 rings (SSSR count). The van der Waals surface area contributed by atoms with Crippen LogP contribution in [0.4, 0.5) is 0 Å². The van der Waals surface area contributed by atoms with E-state index < -0.39 is 0 Å². The fraction of sp³-hybridized carbons (Fsp3) is 0.0526. The van der Waals surface area contributed by atoms with E-state index in [-0.39, 0.29) is 0 Å². The molecule has 0 aliphatic rings. The first-order valence-corrected chi connectivity index (χ1v) is 7.74. The molecule has 0 unspecified atom stereocenters. The number of hydrogen-bond donors (Lipinski definition) is 0. The molecule has 0 saturated heterocycles. The molecule has 0 N–H and O–H groups in total. The summed E-state index contributed by atoms with van der Waals surface area (Å²) in [4.78, 5) is 0. The van der Waals surface area contributed by atoms with Crippen molar-refractivity contribution in [1.29, 1.82) is 0 Å². The van der Waals surface area contributed by atoms with Gasteiger partial charge in [0.1, 0.15) is 0 Å². The second kappa shape index (κ2) is 5.80. The SMILES string of the molecule is Cc1ccccc1-c1cccc(-c2ccccc2I)c1. The Hall–Kier alpha value is -1.61. The molecule has 3 aromatic carbocycles. The van der Waals surface area contributed by atoms with Crippen LogP contribution in [-0.2, 0) is 0 Å². The fourth-order valence-electron chi connectivity index (χ4n) is 2.45. The molecule has 0 saturated carbocycles. The maximum absolute atomic E-state index is 2.40. The lowest BCUT2D eigenvalue weighted by Crippen LogP contribution is -1.86. The van der Waals surface area contributed by atoms with Gasteiger partial charge in [0, 0.05) is 3.57 Å². The maximum Gasteiger partial charge on any atom is 0.0208 e. The Bertz CT molecular complexity index is 683. The van der Waals surface area contributed by atoms with Gasteiger partial charge in [0.05, 0.1) is 0 Å². The highest BCUT2D eigenvalue weighted by Crippen LogP contribution is 2.30. The van der Waals surface area contributed by atoms with Gasteiger partial charge < -0.3 is 0 Å². The lowest BCUT2D eigenvalue weighted by atomic mass is 9.96. The average molecular weight is 370 g/mol. The predicted octanol–water partition coefficient (Wildman–Crippen LogP) is 5.93. The van der Waals surface area contributed by atoms with Gasteiger partial charge >= 0.3 is 0 Å². The predicted molar refractivity (Wildman–Crippen MR) is 94.8 cm³/mol. The molecule has 3 aromatic rings. The molecule has 0 radical (unpaired) electrons. The molecule has 20 heavy (non-hydrogen) atoms. The van der Waals surface area contributed by atoms with Gasteiger partial charge in [-0.25, -0.2) is 0 Å². The molecule has 0 spiro atoms. The molecule has 98 valence electrons. The summed E-state index contributed by atoms with van der Waals surface area (Å²) in [6.07, 6.45) is 0. The quantitative estimate of drug-likeness (QED) is 0.490. The summed E-state index contributed by atoms with van der Waals surface area (Å²) >= 11 is 2.40. The van der Waals surface area contributed by atoms with Crippen LogP contribution in [0.2, 0.25) is 0 Å². The average Bonchev–Trinajstić information content (AvgIpc) is 2.48. The highest BCUT2D eigenvalue weighted by atomic mass is 127. The van der Waals surface area contributed by atoms with Gasteiger partial charge in [-0.05, 0) is 69.5 Å². The number of benzene rings is 3. The van der Waals surface area contributed by atoms with E-state index in [0.717, 1.165) is 0 Å². The van der Waals surface area contributed by atoms with Crippen molar-refractivity contribution in [1.82, 2.24) is 0 Å². The summed E-state index contributed by atoms with van der Waals surface area (Å²) < 4.78 is 1.28. The van der Waals surface area contributed by atoms with Crippen LogP contribution < -0.4 is 0 Å². The van der Waals surface area contributed by atoms with E-state index >= 15 is 0 Å². The highest BCUT2D eigenvalue weighted by Gasteiger charge is 2.05. The van der Waals surface area contributed by atoms with E-state index in [0.29, 0.717) is 0 Å². The van der Waals surface area contributed by atoms with E-state index in [2.05, 4.69) is 102 Å². The van der Waals surface area contributed by atoms with Gasteiger partial charge in [0.15, 0.2) is 0 Å². The van der Waals surface area contributed by atoms with E-state index in [1.807, 2.05) is 0 Å². The van der Waals surface area contributed by atoms with Crippen molar-refractivity contribution in [2.45, 2.75) is 6.92 Å². The Morgan fingerprint density at radius 1 is 0.650 bits per heavy atom. The third-order valence-electron chi connectivity index (χ3n) is 3.50. The Kier molecular flexibility index (Phi) is 3.88. The van der Waals surface area contributed by atoms with Crippen molar-refractivity contribution in [3.8, 4) is 22.3 Å². The molecule has 0 atom stereocenters. The van der Waals surface area contributed by atoms with Crippen molar-refractivity contribution < 1.29 is 0 Å². The summed E-state index contributed by atoms with van der Waals surface area (Å²) in [5.41, 5.74) is 6.47. The van der Waals surface area contributed by atoms with Crippen LogP contribution in [0.15, 0.2) is 72.8 Å². The zero-order valence-corrected chi connectivity index (χ0v) is 13.5. The van der Waals surface area contributed by atoms with Gasteiger partial charge in [0.2, 0.25) is 0 Å². The second-order valence-corrected chi connectivity index (χ2v) is 6.04. The molecule has 0 fully saturated rings. The summed E-state index contributed by atoms with van der Waals surface area (Å²) in [7, 11) is 0. The van der Waals surface area contributed by atoms with Gasteiger partial charge in [-0.1, -0.05) is 60.7 Å². The van der Waals surface area contributed by atoms with E-state index in [4.69, 9.17) is 0 Å². The molecule has 0 aliphatic carbocycles. The molecule has 0 aromatic heterocycles. The number of aryl methyl sites for hydroxylation is 1. The van der Waals surface area contributed by atoms with Crippen LogP contribution in [0.5, 0.6) is 0 Å². The smallest absolute Gasteiger partial charge is 0.0208 e. The Morgan fingerprint density at radius 2 is 1.25 bits per heavy atom. The number of hydrogen-bond acceptors (Lipinski definition) is 0. The van der Waals surface area contributed by atoms with Crippen LogP contribution in [0.25, 0.3) is 22.3 Å². The van der Waals surface area contributed by atoms with Crippen molar-refractivity contribution in [3.05, 3.63) is 81.9 Å². The van der Waals surface area contributed by atoms with Crippen molar-refractivity contribution >= 4 is 22.6 Å². The Balaban J connectivity index is 2.12. The maximum atomic E-state index is 2.40. The minimum atomic E-state index is 1.27. The minimum absolute atomic E-state index is 1.27. The van der Waals surface area contributed by atoms with Crippen molar-refractivity contribution in [2.24, 2.45) is 0 Å². The summed E-state index contributed by atoms with van der Waals surface area (Å²) in [6, 6.07) is 25.8. The van der Waals surface area contributed by atoms with Gasteiger partial charge in [0.25, 0.3) is 0 Å². The number of halogens is 1. The van der Waals surface area contributed by atoms with Crippen LogP contribution in [0, 0.1) is 10.5 Å². The molecular weight excluding hydrogens is 355 g/mol. The first-order chi connectivity index (χ1) is 9.75. The van der Waals surface area contributed by atoms with E-state index in [1.165, 1.54) is 31.4 Å². The van der Waals surface area contributed by atoms with Gasteiger partial charge in [-0.2, -0.15) is 0 Å². The van der Waals surface area contributed by atoms with Crippen LogP contribution in [0.3, 0.4) is 0 Å². The van der Waals surface area contributed by atoms with Gasteiger partial charge in [-0.15, -0.1) is 0 Å². The lowest BCUT2D eigenvalue weighted by molar-refractivity contribution is 1.46. The lowest BCUT2D eigenvalue weighted by Gasteiger charge is -2.09. The molecular formula is C19H15I. The molecule has 0 nitrogen and oxygen atoms in total. The standard InChI is InChI=1S/C19H15I/c1-14-7-2-3-10-17(14)15-8-6-9-16(13-15)18-11-4-5-12-19(18)20/h2-13H,1H3. The first kappa shape index (κ1) is 13.4. The van der Waals surface area contributed by atoms with Gasteiger partial charge in [-0.3, -0.25) is 0 Å². The van der Waals surface area contributed by atoms with E-state index in [9.17, 15) is 0 Å². The molecule has 1 heteroatoms. The molecule has 0 aliphatic heterocycles. The summed E-state index contributed by atoms with van der Waals surface area (Å²) in [6.45, 7) is 2.16. The highest BCUT2D eigenvalue weighted by molar-refractivity contribution is 14.1. The monoisotopic (exact) mass is 370 g/mol. The molecule has 0 amide bonds. The topological polar surface area (TPSA) is 0 Å².